The lowest BCUT2D eigenvalue weighted by atomic mass is 9.90. The van der Waals surface area contributed by atoms with E-state index >= 15 is 0 Å². The fourth-order valence-corrected chi connectivity index (χ4v) is 2.44. The number of hydrogen-bond donors (Lipinski definition) is 0. The molecule has 0 N–H and O–H groups in total. The summed E-state index contributed by atoms with van der Waals surface area (Å²) < 4.78 is 77.3. The quantitative estimate of drug-likeness (QED) is 0.554. The van der Waals surface area contributed by atoms with Gasteiger partial charge in [0.05, 0.1) is 11.1 Å². The maximum Gasteiger partial charge on any atom is 0.416 e. The Labute approximate surface area is 128 Å². The van der Waals surface area contributed by atoms with E-state index in [-0.39, 0.29) is 12.0 Å². The largest absolute Gasteiger partial charge is 0.416 e. The number of aldehydes is 1. The van der Waals surface area contributed by atoms with E-state index in [1.807, 2.05) is 0 Å². The highest BCUT2D eigenvalue weighted by atomic mass is 19.4. The molecule has 1 aliphatic carbocycles. The van der Waals surface area contributed by atoms with Gasteiger partial charge in [-0.2, -0.15) is 26.3 Å². The Bertz CT molecular complexity index is 664. The van der Waals surface area contributed by atoms with Gasteiger partial charge in [-0.3, -0.25) is 4.79 Å². The Morgan fingerprint density at radius 3 is 2.17 bits per heavy atom. The van der Waals surface area contributed by atoms with Crippen LogP contribution in [0.2, 0.25) is 0 Å². The van der Waals surface area contributed by atoms with E-state index in [4.69, 9.17) is 0 Å². The molecule has 1 aliphatic rings. The first-order valence-electron chi connectivity index (χ1n) is 6.75. The number of alkyl halides is 6. The van der Waals surface area contributed by atoms with Crippen molar-refractivity contribution in [3.8, 4) is 0 Å². The van der Waals surface area contributed by atoms with Crippen molar-refractivity contribution in [3.05, 3.63) is 58.2 Å². The van der Waals surface area contributed by atoms with Crippen molar-refractivity contribution in [1.82, 2.24) is 0 Å². The van der Waals surface area contributed by atoms with Gasteiger partial charge in [0.1, 0.15) is 6.29 Å². The van der Waals surface area contributed by atoms with E-state index in [1.165, 1.54) is 0 Å². The van der Waals surface area contributed by atoms with Gasteiger partial charge in [-0.15, -0.1) is 0 Å². The summed E-state index contributed by atoms with van der Waals surface area (Å²) in [6.45, 7) is 0. The summed E-state index contributed by atoms with van der Waals surface area (Å²) in [6, 6.07) is 1.35. The van der Waals surface area contributed by atoms with E-state index in [9.17, 15) is 31.1 Å². The zero-order valence-electron chi connectivity index (χ0n) is 11.8. The Morgan fingerprint density at radius 1 is 0.957 bits per heavy atom. The minimum absolute atomic E-state index is 0.224. The van der Waals surface area contributed by atoms with Crippen molar-refractivity contribution in [3.63, 3.8) is 0 Å². The van der Waals surface area contributed by atoms with Crippen molar-refractivity contribution < 1.29 is 31.1 Å². The molecule has 0 saturated carbocycles. The molecule has 0 saturated heterocycles. The smallest absolute Gasteiger partial charge is 0.298 e. The van der Waals surface area contributed by atoms with Crippen molar-refractivity contribution in [1.29, 1.82) is 0 Å². The van der Waals surface area contributed by atoms with Crippen LogP contribution in [0.3, 0.4) is 0 Å². The molecule has 0 heterocycles. The second kappa shape index (κ2) is 6.22. The Kier molecular flexibility index (Phi) is 4.68. The summed E-state index contributed by atoms with van der Waals surface area (Å²) in [4.78, 5) is 11.0. The van der Waals surface area contributed by atoms with E-state index in [0.717, 1.165) is 0 Å². The average Bonchev–Trinajstić information content (AvgIpc) is 2.45. The fraction of sp³-hybridized carbons (Fsp3) is 0.312. The maximum atomic E-state index is 13.0. The molecule has 1 nitrogen and oxygen atoms in total. The molecule has 0 amide bonds. The third kappa shape index (κ3) is 4.03. The van der Waals surface area contributed by atoms with Crippen LogP contribution in [0.15, 0.2) is 41.5 Å². The molecule has 0 aliphatic heterocycles. The van der Waals surface area contributed by atoms with Crippen LogP contribution in [0.25, 0.3) is 0 Å². The molecule has 0 radical (unpaired) electrons. The van der Waals surface area contributed by atoms with E-state index in [0.29, 0.717) is 42.9 Å². The first kappa shape index (κ1) is 17.3. The predicted molar refractivity (Wildman–Crippen MR) is 71.6 cm³/mol. The van der Waals surface area contributed by atoms with Gasteiger partial charge in [0.25, 0.3) is 0 Å². The third-order valence-electron chi connectivity index (χ3n) is 3.54. The lowest BCUT2D eigenvalue weighted by Gasteiger charge is -2.18. The third-order valence-corrected chi connectivity index (χ3v) is 3.54. The van der Waals surface area contributed by atoms with Crippen LogP contribution in [0, 0.1) is 0 Å². The number of benzene rings is 1. The summed E-state index contributed by atoms with van der Waals surface area (Å²) in [5, 5.41) is 0. The second-order valence-electron chi connectivity index (χ2n) is 5.13. The van der Waals surface area contributed by atoms with Gasteiger partial charge in [-0.05, 0) is 48.6 Å². The monoisotopic (exact) mass is 334 g/mol. The van der Waals surface area contributed by atoms with Crippen molar-refractivity contribution in [2.24, 2.45) is 0 Å². The molecule has 2 rings (SSSR count). The molecule has 0 aromatic heterocycles. The van der Waals surface area contributed by atoms with E-state index in [2.05, 4.69) is 0 Å². The lowest BCUT2D eigenvalue weighted by Crippen LogP contribution is -2.14. The summed E-state index contributed by atoms with van der Waals surface area (Å²) in [6.07, 6.45) is -5.09. The molecule has 1 aromatic rings. The standard InChI is InChI=1S/C16H12F6O/c17-15(18,19)13-5-6-14(16(20,21)22)12(8-13)7-10-3-1-2-4-11(10)9-23/h3-6,8-9H,1-2,7H2. The highest BCUT2D eigenvalue weighted by Gasteiger charge is 2.37. The summed E-state index contributed by atoms with van der Waals surface area (Å²) >= 11 is 0. The van der Waals surface area contributed by atoms with Gasteiger partial charge in [-0.1, -0.05) is 12.2 Å². The molecule has 124 valence electrons. The van der Waals surface area contributed by atoms with Crippen LogP contribution < -0.4 is 0 Å². The summed E-state index contributed by atoms with van der Waals surface area (Å²) in [7, 11) is 0. The molecule has 0 unspecified atom stereocenters. The number of allylic oxidation sites excluding steroid dienone is 4. The molecule has 7 heteroatoms. The highest BCUT2D eigenvalue weighted by Crippen LogP contribution is 2.38. The highest BCUT2D eigenvalue weighted by molar-refractivity contribution is 5.81. The van der Waals surface area contributed by atoms with Gasteiger partial charge in [0.15, 0.2) is 0 Å². The van der Waals surface area contributed by atoms with E-state index in [1.54, 1.807) is 12.2 Å². The summed E-state index contributed by atoms with van der Waals surface area (Å²) in [5.41, 5.74) is -2.22. The first-order valence-corrected chi connectivity index (χ1v) is 6.75. The van der Waals surface area contributed by atoms with Crippen molar-refractivity contribution >= 4 is 6.29 Å². The predicted octanol–water partition coefficient (Wildman–Crippen LogP) is 5.11. The van der Waals surface area contributed by atoms with Crippen molar-refractivity contribution in [2.45, 2.75) is 31.6 Å². The topological polar surface area (TPSA) is 17.1 Å². The van der Waals surface area contributed by atoms with Gasteiger partial charge < -0.3 is 0 Å². The van der Waals surface area contributed by atoms with Crippen LogP contribution in [-0.4, -0.2) is 6.29 Å². The number of rotatable bonds is 3. The Morgan fingerprint density at radius 2 is 1.61 bits per heavy atom. The van der Waals surface area contributed by atoms with Crippen LogP contribution in [0.5, 0.6) is 0 Å². The van der Waals surface area contributed by atoms with Crippen LogP contribution in [0.1, 0.15) is 29.5 Å². The number of carbonyl (C=O) groups excluding carboxylic acids is 1. The molecular weight excluding hydrogens is 322 g/mol. The minimum Gasteiger partial charge on any atom is -0.298 e. The second-order valence-corrected chi connectivity index (χ2v) is 5.13. The fourth-order valence-electron chi connectivity index (χ4n) is 2.44. The normalized spacial score (nSPS) is 15.9. The molecular formula is C16H12F6O. The Hall–Kier alpha value is -2.05. The van der Waals surface area contributed by atoms with Crippen LogP contribution in [-0.2, 0) is 23.6 Å². The molecule has 23 heavy (non-hydrogen) atoms. The summed E-state index contributed by atoms with van der Waals surface area (Å²) in [5.74, 6) is 0. The SMILES string of the molecule is O=CC1=CCCC=C1Cc1cc(C(F)(F)F)ccc1C(F)(F)F. The number of hydrogen-bond acceptors (Lipinski definition) is 1. The molecule has 0 spiro atoms. The van der Waals surface area contributed by atoms with Gasteiger partial charge in [-0.25, -0.2) is 0 Å². The molecule has 1 aromatic carbocycles. The van der Waals surface area contributed by atoms with E-state index < -0.39 is 29.0 Å². The zero-order valence-corrected chi connectivity index (χ0v) is 11.8. The Balaban J connectivity index is 2.48. The van der Waals surface area contributed by atoms with Crippen LogP contribution in [0.4, 0.5) is 26.3 Å². The molecule has 0 fully saturated rings. The zero-order chi connectivity index (χ0) is 17.3. The average molecular weight is 334 g/mol. The minimum atomic E-state index is -4.76. The lowest BCUT2D eigenvalue weighted by molar-refractivity contribution is -0.141. The first-order chi connectivity index (χ1) is 10.6. The number of carbonyl (C=O) groups is 1. The van der Waals surface area contributed by atoms with Crippen molar-refractivity contribution in [2.75, 3.05) is 0 Å². The van der Waals surface area contributed by atoms with Gasteiger partial charge in [0, 0.05) is 5.57 Å². The van der Waals surface area contributed by atoms with Gasteiger partial charge in [0.2, 0.25) is 0 Å². The maximum absolute atomic E-state index is 13.0. The molecule has 0 bridgehead atoms. The molecule has 0 atom stereocenters. The number of halogens is 6. The van der Waals surface area contributed by atoms with Gasteiger partial charge >= 0.3 is 12.4 Å². The van der Waals surface area contributed by atoms with Crippen LogP contribution >= 0.6 is 0 Å².